The number of carbonyl (C=O) groups excluding carboxylic acids is 3. The van der Waals surface area contributed by atoms with Crippen molar-refractivity contribution in [1.82, 2.24) is 4.98 Å². The second kappa shape index (κ2) is 19.1. The molecule has 0 saturated carbocycles. The summed E-state index contributed by atoms with van der Waals surface area (Å²) < 4.78 is 23.3. The quantitative estimate of drug-likeness (QED) is 0.0170. The molecule has 0 radical (unpaired) electrons. The Kier molecular flexibility index (Phi) is 13.4. The van der Waals surface area contributed by atoms with Crippen LogP contribution in [-0.2, 0) is 14.3 Å². The van der Waals surface area contributed by atoms with Gasteiger partial charge in [0.15, 0.2) is 0 Å². The van der Waals surface area contributed by atoms with E-state index in [0.717, 1.165) is 43.3 Å². The number of aryl methyl sites for hydroxylation is 2. The molecular formula is C46H41N3O7S. The van der Waals surface area contributed by atoms with E-state index in [4.69, 9.17) is 29.0 Å². The van der Waals surface area contributed by atoms with Crippen LogP contribution in [0, 0.1) is 13.8 Å². The number of thiazole rings is 1. The molecule has 0 fully saturated rings. The van der Waals surface area contributed by atoms with Crippen LogP contribution in [0.4, 0.5) is 5.13 Å². The average Bonchev–Trinajstić information content (AvgIpc) is 3.65. The molecule has 11 heteroatoms. The number of benzene rings is 5. The zero-order valence-corrected chi connectivity index (χ0v) is 32.5. The number of aromatic nitrogens is 1. The molecule has 57 heavy (non-hydrogen) atoms. The van der Waals surface area contributed by atoms with E-state index in [1.54, 1.807) is 54.0 Å². The van der Waals surface area contributed by atoms with Crippen LogP contribution in [0.15, 0.2) is 134 Å². The summed E-state index contributed by atoms with van der Waals surface area (Å²) in [4.78, 5) is 42.0. The number of nitrogens with zero attached hydrogens (tertiary/aromatic N) is 3. The molecule has 0 bridgehead atoms. The molecule has 0 unspecified atom stereocenters. The highest BCUT2D eigenvalue weighted by Crippen LogP contribution is 2.30. The number of ether oxygens (including phenoxy) is 4. The number of anilines is 1. The predicted molar refractivity (Wildman–Crippen MR) is 227 cm³/mol. The number of hydrogen-bond acceptors (Lipinski definition) is 11. The van der Waals surface area contributed by atoms with Crippen LogP contribution in [0.3, 0.4) is 0 Å². The van der Waals surface area contributed by atoms with E-state index in [1.165, 1.54) is 6.08 Å². The van der Waals surface area contributed by atoms with Crippen molar-refractivity contribution >= 4 is 67.7 Å². The first-order valence-electron chi connectivity index (χ1n) is 18.3. The van der Waals surface area contributed by atoms with Gasteiger partial charge >= 0.3 is 17.9 Å². The molecule has 0 amide bonds. The molecule has 0 spiro atoms. The summed E-state index contributed by atoms with van der Waals surface area (Å²) >= 11 is 1.56. The largest absolute Gasteiger partial charge is 0.493 e. The Balaban J connectivity index is 1.06. The van der Waals surface area contributed by atoms with Gasteiger partial charge in [-0.1, -0.05) is 66.0 Å². The summed E-state index contributed by atoms with van der Waals surface area (Å²) in [5, 5.41) is 9.07. The maximum Gasteiger partial charge on any atom is 0.343 e. The van der Waals surface area contributed by atoms with Gasteiger partial charge in [0.05, 0.1) is 35.2 Å². The molecule has 0 aliphatic carbocycles. The standard InChI is InChI=1S/C46H41N3O7S/c1-5-7-23-49(46-48-39-11-8-9-12-42(39)57-46)47-30-37-26-31(3)13-20-41(37)55-44(51)22-15-33-14-21-40(32(4)27-33)56-45(52)36-17-16-35-29-38(19-18-34(35)28-36)53-24-10-25-54-43(50)6-2/h5-6,8-9,11-22,26-30H,1-2,7,10,23-25H2,3-4H3/b22-15+,47-30+. The SMILES string of the molecule is C=CCCN(/N=C/c1cc(C)ccc1OC(=O)/C=C/c1ccc(OC(=O)c2ccc3cc(OCCCOC(=O)C=C)ccc3c2)c(C)c1)c1nc2ccccc2s1. The van der Waals surface area contributed by atoms with Gasteiger partial charge in [0.2, 0.25) is 5.13 Å². The molecule has 6 aromatic rings. The molecule has 1 aromatic heterocycles. The Bertz CT molecular complexity index is 2470. The van der Waals surface area contributed by atoms with Crippen molar-refractivity contribution in [2.24, 2.45) is 5.10 Å². The van der Waals surface area contributed by atoms with Gasteiger partial charge in [-0.15, -0.1) is 6.58 Å². The molecule has 0 aliphatic heterocycles. The zero-order chi connectivity index (χ0) is 40.1. The van der Waals surface area contributed by atoms with Crippen molar-refractivity contribution in [3.63, 3.8) is 0 Å². The van der Waals surface area contributed by atoms with E-state index >= 15 is 0 Å². The lowest BCUT2D eigenvalue weighted by atomic mass is 10.1. The third kappa shape index (κ3) is 10.9. The summed E-state index contributed by atoms with van der Waals surface area (Å²) in [5.41, 5.74) is 4.37. The third-order valence-corrected chi connectivity index (χ3v) is 9.64. The lowest BCUT2D eigenvalue weighted by Crippen LogP contribution is -2.17. The number of hydrazone groups is 1. The van der Waals surface area contributed by atoms with Crippen molar-refractivity contribution in [3.05, 3.63) is 156 Å². The maximum absolute atomic E-state index is 13.1. The third-order valence-electron chi connectivity index (χ3n) is 8.59. The lowest BCUT2D eigenvalue weighted by molar-refractivity contribution is -0.138. The summed E-state index contributed by atoms with van der Waals surface area (Å²) in [5.74, 6) is -0.0809. The predicted octanol–water partition coefficient (Wildman–Crippen LogP) is 9.82. The van der Waals surface area contributed by atoms with Gasteiger partial charge in [-0.05, 0) is 109 Å². The number of fused-ring (bicyclic) bond motifs is 2. The topological polar surface area (TPSA) is 117 Å². The Hall–Kier alpha value is -6.85. The zero-order valence-electron chi connectivity index (χ0n) is 31.7. The first-order chi connectivity index (χ1) is 27.7. The Morgan fingerprint density at radius 1 is 0.842 bits per heavy atom. The molecular weight excluding hydrogens is 739 g/mol. The molecule has 6 rings (SSSR count). The van der Waals surface area contributed by atoms with Gasteiger partial charge < -0.3 is 18.9 Å². The molecule has 288 valence electrons. The molecule has 5 aromatic carbocycles. The summed E-state index contributed by atoms with van der Waals surface area (Å²) in [6.45, 7) is 12.2. The van der Waals surface area contributed by atoms with Crippen molar-refractivity contribution in [2.75, 3.05) is 24.8 Å². The van der Waals surface area contributed by atoms with Gasteiger partial charge in [0, 0.05) is 30.7 Å². The number of carbonyl (C=O) groups is 3. The smallest absolute Gasteiger partial charge is 0.343 e. The van der Waals surface area contributed by atoms with Crippen LogP contribution in [0.5, 0.6) is 17.2 Å². The number of rotatable bonds is 17. The summed E-state index contributed by atoms with van der Waals surface area (Å²) in [6.07, 6.45) is 8.89. The van der Waals surface area contributed by atoms with Gasteiger partial charge in [-0.2, -0.15) is 5.10 Å². The highest BCUT2D eigenvalue weighted by Gasteiger charge is 2.14. The van der Waals surface area contributed by atoms with Crippen LogP contribution in [0.25, 0.3) is 27.1 Å². The van der Waals surface area contributed by atoms with Gasteiger partial charge in [-0.3, -0.25) is 0 Å². The van der Waals surface area contributed by atoms with Crippen LogP contribution < -0.4 is 19.2 Å². The number of para-hydroxylation sites is 1. The Morgan fingerprint density at radius 2 is 1.65 bits per heavy atom. The molecule has 10 nitrogen and oxygen atoms in total. The van der Waals surface area contributed by atoms with Crippen molar-refractivity contribution in [3.8, 4) is 17.2 Å². The number of hydrogen-bond donors (Lipinski definition) is 0. The first kappa shape index (κ1) is 39.8. The van der Waals surface area contributed by atoms with Gasteiger partial charge in [0.1, 0.15) is 17.2 Å². The van der Waals surface area contributed by atoms with E-state index in [0.29, 0.717) is 59.9 Å². The van der Waals surface area contributed by atoms with Crippen LogP contribution in [-0.4, -0.2) is 48.9 Å². The van der Waals surface area contributed by atoms with Crippen molar-refractivity contribution in [2.45, 2.75) is 26.7 Å². The minimum Gasteiger partial charge on any atom is -0.493 e. The fourth-order valence-electron chi connectivity index (χ4n) is 5.66. The van der Waals surface area contributed by atoms with E-state index < -0.39 is 17.9 Å². The maximum atomic E-state index is 13.1. The molecule has 0 saturated heterocycles. The molecule has 0 aliphatic rings. The molecule has 1 heterocycles. The van der Waals surface area contributed by atoms with E-state index in [-0.39, 0.29) is 6.61 Å². The van der Waals surface area contributed by atoms with Crippen LogP contribution in [0.2, 0.25) is 0 Å². The molecule has 0 atom stereocenters. The Morgan fingerprint density at radius 3 is 2.46 bits per heavy atom. The van der Waals surface area contributed by atoms with E-state index in [9.17, 15) is 14.4 Å². The minimum absolute atomic E-state index is 0.244. The first-order valence-corrected chi connectivity index (χ1v) is 19.1. The van der Waals surface area contributed by atoms with Gasteiger partial charge in [-0.25, -0.2) is 24.4 Å². The van der Waals surface area contributed by atoms with Crippen molar-refractivity contribution in [1.29, 1.82) is 0 Å². The highest BCUT2D eigenvalue weighted by molar-refractivity contribution is 7.22. The van der Waals surface area contributed by atoms with Crippen molar-refractivity contribution < 1.29 is 33.3 Å². The normalized spacial score (nSPS) is 11.2. The fourth-order valence-corrected chi connectivity index (χ4v) is 6.61. The highest BCUT2D eigenvalue weighted by atomic mass is 32.1. The van der Waals surface area contributed by atoms with Gasteiger partial charge in [0.25, 0.3) is 0 Å². The summed E-state index contributed by atoms with van der Waals surface area (Å²) in [7, 11) is 0. The van der Waals surface area contributed by atoms with Crippen LogP contribution in [0.1, 0.15) is 45.5 Å². The second-order valence-corrected chi connectivity index (χ2v) is 13.9. The lowest BCUT2D eigenvalue weighted by Gasteiger charge is -2.15. The van der Waals surface area contributed by atoms with E-state index in [2.05, 4.69) is 13.2 Å². The van der Waals surface area contributed by atoms with Crippen LogP contribution >= 0.6 is 11.3 Å². The monoisotopic (exact) mass is 779 g/mol. The fraction of sp³-hybridized carbons (Fsp3) is 0.152. The van der Waals surface area contributed by atoms with E-state index in [1.807, 2.05) is 91.7 Å². The Labute approximate surface area is 335 Å². The average molecular weight is 780 g/mol. The number of esters is 3. The second-order valence-electron chi connectivity index (χ2n) is 12.9. The molecule has 0 N–H and O–H groups in total. The minimum atomic E-state index is -0.558. The summed E-state index contributed by atoms with van der Waals surface area (Å²) in [6, 6.07) is 29.6.